The molecule has 0 aliphatic rings. The van der Waals surface area contributed by atoms with Gasteiger partial charge < -0.3 is 0 Å². The van der Waals surface area contributed by atoms with E-state index in [4.69, 9.17) is 0 Å². The topological polar surface area (TPSA) is 0 Å². The first-order chi connectivity index (χ1) is 11.3. The molecule has 116 valence electrons. The van der Waals surface area contributed by atoms with E-state index in [1.165, 1.54) is 28.3 Å². The SMILES string of the molecule is CCC[As](c1ccc(-c2ccccc2)cc1)c1ccccc1C. The first-order valence-electron chi connectivity index (χ1n) is 8.28. The average molecular weight is 362 g/mol. The second-order valence-electron chi connectivity index (χ2n) is 5.85. The predicted octanol–water partition coefficient (Wildman–Crippen LogP) is 4.68. The Kier molecular flexibility index (Phi) is 5.36. The van der Waals surface area contributed by atoms with Crippen LogP contribution < -0.4 is 8.70 Å². The molecule has 0 fully saturated rings. The fourth-order valence-electron chi connectivity index (χ4n) is 2.94. The van der Waals surface area contributed by atoms with Crippen LogP contribution in [0.5, 0.6) is 0 Å². The number of rotatable bonds is 5. The van der Waals surface area contributed by atoms with E-state index in [-0.39, 0.29) is 0 Å². The van der Waals surface area contributed by atoms with Gasteiger partial charge in [-0.3, -0.25) is 0 Å². The van der Waals surface area contributed by atoms with Gasteiger partial charge in [0.2, 0.25) is 0 Å². The molecule has 0 heterocycles. The normalized spacial score (nSPS) is 12.1. The van der Waals surface area contributed by atoms with Crippen molar-refractivity contribution in [3.05, 3.63) is 84.4 Å². The molecule has 3 rings (SSSR count). The second kappa shape index (κ2) is 7.66. The van der Waals surface area contributed by atoms with E-state index in [2.05, 4.69) is 92.7 Å². The molecule has 3 aromatic rings. The van der Waals surface area contributed by atoms with E-state index in [9.17, 15) is 0 Å². The molecule has 0 radical (unpaired) electrons. The Morgan fingerprint density at radius 3 is 1.96 bits per heavy atom. The second-order valence-corrected chi connectivity index (χ2v) is 10.7. The Balaban J connectivity index is 1.94. The number of hydrogen-bond acceptors (Lipinski definition) is 0. The van der Waals surface area contributed by atoms with E-state index in [1.54, 1.807) is 8.70 Å². The number of benzene rings is 3. The summed E-state index contributed by atoms with van der Waals surface area (Å²) in [6.45, 7) is 4.56. The van der Waals surface area contributed by atoms with Crippen molar-refractivity contribution in [3.63, 3.8) is 0 Å². The molecule has 0 bridgehead atoms. The van der Waals surface area contributed by atoms with E-state index in [0.717, 1.165) is 0 Å². The molecule has 0 aliphatic carbocycles. The molecule has 0 amide bonds. The van der Waals surface area contributed by atoms with Crippen LogP contribution in [0.3, 0.4) is 0 Å². The van der Waals surface area contributed by atoms with Crippen LogP contribution in [0.4, 0.5) is 0 Å². The van der Waals surface area contributed by atoms with Gasteiger partial charge in [-0.05, 0) is 0 Å². The summed E-state index contributed by atoms with van der Waals surface area (Å²) in [6.07, 6.45) is 1.26. The van der Waals surface area contributed by atoms with Gasteiger partial charge in [-0.15, -0.1) is 0 Å². The number of aryl methyl sites for hydroxylation is 1. The summed E-state index contributed by atoms with van der Waals surface area (Å²) < 4.78 is 3.17. The van der Waals surface area contributed by atoms with Crippen molar-refractivity contribution in [2.75, 3.05) is 0 Å². The van der Waals surface area contributed by atoms with Gasteiger partial charge in [-0.1, -0.05) is 0 Å². The maximum atomic E-state index is 2.37. The van der Waals surface area contributed by atoms with Crippen LogP contribution in [-0.4, -0.2) is 14.7 Å². The fraction of sp³-hybridized carbons (Fsp3) is 0.182. The van der Waals surface area contributed by atoms with Crippen LogP contribution in [-0.2, 0) is 0 Å². The molecule has 3 aromatic carbocycles. The summed E-state index contributed by atoms with van der Waals surface area (Å²) in [7, 11) is 0. The van der Waals surface area contributed by atoms with Crippen molar-refractivity contribution < 1.29 is 0 Å². The van der Waals surface area contributed by atoms with Crippen molar-refractivity contribution >= 4 is 23.4 Å². The molecule has 23 heavy (non-hydrogen) atoms. The maximum absolute atomic E-state index is 2.37. The van der Waals surface area contributed by atoms with E-state index in [1.807, 2.05) is 0 Å². The van der Waals surface area contributed by atoms with Crippen molar-refractivity contribution in [3.8, 4) is 11.1 Å². The van der Waals surface area contributed by atoms with Gasteiger partial charge in [-0.2, -0.15) is 0 Å². The molecule has 0 N–H and O–H groups in total. The predicted molar refractivity (Wildman–Crippen MR) is 103 cm³/mol. The Morgan fingerprint density at radius 1 is 0.696 bits per heavy atom. The summed E-state index contributed by atoms with van der Waals surface area (Å²) >= 11 is -1.18. The van der Waals surface area contributed by atoms with Crippen molar-refractivity contribution in [2.24, 2.45) is 0 Å². The van der Waals surface area contributed by atoms with Crippen molar-refractivity contribution in [2.45, 2.75) is 25.5 Å². The Labute approximate surface area is 144 Å². The monoisotopic (exact) mass is 362 g/mol. The Bertz CT molecular complexity index is 744. The summed E-state index contributed by atoms with van der Waals surface area (Å²) in [5.74, 6) is 0. The van der Waals surface area contributed by atoms with Crippen LogP contribution in [0.15, 0.2) is 78.9 Å². The molecule has 0 aliphatic heterocycles. The zero-order valence-corrected chi connectivity index (χ0v) is 15.7. The van der Waals surface area contributed by atoms with Crippen LogP contribution in [0.25, 0.3) is 11.1 Å². The van der Waals surface area contributed by atoms with Gasteiger partial charge >= 0.3 is 144 Å². The molecule has 1 unspecified atom stereocenters. The van der Waals surface area contributed by atoms with Gasteiger partial charge in [0.05, 0.1) is 0 Å². The van der Waals surface area contributed by atoms with Crippen LogP contribution in [0.2, 0.25) is 5.21 Å². The summed E-state index contributed by atoms with van der Waals surface area (Å²) in [5.41, 5.74) is 4.06. The summed E-state index contributed by atoms with van der Waals surface area (Å²) in [5, 5.41) is 1.34. The molecule has 1 atom stereocenters. The van der Waals surface area contributed by atoms with E-state index in [0.29, 0.717) is 0 Å². The minimum atomic E-state index is -1.18. The third-order valence-electron chi connectivity index (χ3n) is 4.14. The Morgan fingerprint density at radius 2 is 1.30 bits per heavy atom. The van der Waals surface area contributed by atoms with Gasteiger partial charge in [-0.25, -0.2) is 0 Å². The van der Waals surface area contributed by atoms with Crippen molar-refractivity contribution in [1.82, 2.24) is 0 Å². The standard InChI is InChI=1S/C22H23As/c1-3-17-23(22-12-8-7-9-18(22)2)21-15-13-20(14-16-21)19-10-5-4-6-11-19/h4-16H,3,17H2,1-2H3. The zero-order valence-electron chi connectivity index (χ0n) is 13.9. The minimum absolute atomic E-state index is 1.18. The first-order valence-corrected chi connectivity index (χ1v) is 11.5. The van der Waals surface area contributed by atoms with Gasteiger partial charge in [0, 0.05) is 0 Å². The van der Waals surface area contributed by atoms with Crippen LogP contribution in [0, 0.1) is 6.92 Å². The van der Waals surface area contributed by atoms with E-state index < -0.39 is 14.7 Å². The number of hydrogen-bond donors (Lipinski definition) is 0. The molecular formula is C22H23As. The van der Waals surface area contributed by atoms with Crippen LogP contribution in [0.1, 0.15) is 18.9 Å². The molecule has 0 aromatic heterocycles. The third kappa shape index (κ3) is 3.77. The fourth-order valence-corrected chi connectivity index (χ4v) is 8.19. The molecule has 1 heteroatoms. The summed E-state index contributed by atoms with van der Waals surface area (Å²) in [4.78, 5) is 0. The molecule has 0 saturated heterocycles. The molecular weight excluding hydrogens is 339 g/mol. The molecule has 0 saturated carbocycles. The third-order valence-corrected chi connectivity index (χ3v) is 10.2. The zero-order chi connectivity index (χ0) is 16.1. The van der Waals surface area contributed by atoms with Crippen molar-refractivity contribution in [1.29, 1.82) is 0 Å². The van der Waals surface area contributed by atoms with Gasteiger partial charge in [0.15, 0.2) is 0 Å². The summed E-state index contributed by atoms with van der Waals surface area (Å²) in [6, 6.07) is 28.9. The Hall–Kier alpha value is -1.78. The average Bonchev–Trinajstić information content (AvgIpc) is 2.61. The van der Waals surface area contributed by atoms with E-state index >= 15 is 0 Å². The molecule has 0 spiro atoms. The van der Waals surface area contributed by atoms with Gasteiger partial charge in [0.25, 0.3) is 0 Å². The van der Waals surface area contributed by atoms with Gasteiger partial charge in [0.1, 0.15) is 0 Å². The quantitative estimate of drug-likeness (QED) is 0.578. The first kappa shape index (κ1) is 16.1. The molecule has 0 nitrogen and oxygen atoms in total. The van der Waals surface area contributed by atoms with Crippen LogP contribution >= 0.6 is 0 Å².